The van der Waals surface area contributed by atoms with Gasteiger partial charge >= 0.3 is 0 Å². The van der Waals surface area contributed by atoms with E-state index in [0.29, 0.717) is 15.6 Å². The lowest BCUT2D eigenvalue weighted by Crippen LogP contribution is -2.13. The highest BCUT2D eigenvalue weighted by Gasteiger charge is 2.19. The van der Waals surface area contributed by atoms with Crippen LogP contribution in [0.2, 0.25) is 10.0 Å². The van der Waals surface area contributed by atoms with Crippen molar-refractivity contribution in [3.05, 3.63) is 81.2 Å². The Balaban J connectivity index is 1.52. The van der Waals surface area contributed by atoms with Gasteiger partial charge in [-0.15, -0.1) is 11.8 Å². The second-order valence-electron chi connectivity index (χ2n) is 5.20. The van der Waals surface area contributed by atoms with Crippen LogP contribution >= 0.6 is 35.0 Å². The van der Waals surface area contributed by atoms with Gasteiger partial charge in [0.2, 0.25) is 0 Å². The quantitative estimate of drug-likeness (QED) is 0.579. The molecule has 0 saturated heterocycles. The number of ketones is 1. The zero-order valence-corrected chi connectivity index (χ0v) is 14.9. The number of hydrazone groups is 1. The molecule has 6 heteroatoms. The maximum atomic E-state index is 12.0. The summed E-state index contributed by atoms with van der Waals surface area (Å²) in [7, 11) is 0. The third kappa shape index (κ3) is 4.41. The number of allylic oxidation sites excluding steroid dienone is 1. The van der Waals surface area contributed by atoms with E-state index in [4.69, 9.17) is 23.2 Å². The van der Waals surface area contributed by atoms with E-state index in [1.54, 1.807) is 35.7 Å². The summed E-state index contributed by atoms with van der Waals surface area (Å²) in [6, 6.07) is 14.5. The molecule has 1 N–H and O–H groups in total. The van der Waals surface area contributed by atoms with E-state index in [1.807, 2.05) is 24.3 Å². The number of halogens is 2. The van der Waals surface area contributed by atoms with Crippen LogP contribution in [0.1, 0.15) is 22.3 Å². The highest BCUT2D eigenvalue weighted by Crippen LogP contribution is 2.22. The molecule has 122 valence electrons. The molecule has 0 bridgehead atoms. The SMILES string of the molecule is O=C(/C=C/SC1CC(c2ccc(Cl)cc2)=NN1)c1ccc(Cl)cc1. The van der Waals surface area contributed by atoms with Gasteiger partial charge in [-0.3, -0.25) is 10.2 Å². The normalized spacial score (nSPS) is 16.9. The molecule has 0 aromatic heterocycles. The summed E-state index contributed by atoms with van der Waals surface area (Å²) < 4.78 is 0. The summed E-state index contributed by atoms with van der Waals surface area (Å²) >= 11 is 13.2. The minimum Gasteiger partial charge on any atom is -0.296 e. The maximum absolute atomic E-state index is 12.0. The Morgan fingerprint density at radius 1 is 1.08 bits per heavy atom. The molecule has 0 spiro atoms. The number of nitrogens with zero attached hydrogens (tertiary/aromatic N) is 1. The molecule has 24 heavy (non-hydrogen) atoms. The Kier molecular flexibility index (Phi) is 5.61. The van der Waals surface area contributed by atoms with E-state index < -0.39 is 0 Å². The van der Waals surface area contributed by atoms with Crippen molar-refractivity contribution in [1.29, 1.82) is 0 Å². The monoisotopic (exact) mass is 376 g/mol. The number of benzene rings is 2. The Hall–Kier alpha value is -1.75. The molecule has 3 rings (SSSR count). The maximum Gasteiger partial charge on any atom is 0.186 e. The van der Waals surface area contributed by atoms with Gasteiger partial charge in [-0.05, 0) is 53.4 Å². The van der Waals surface area contributed by atoms with Crippen molar-refractivity contribution in [2.45, 2.75) is 11.8 Å². The Morgan fingerprint density at radius 3 is 2.38 bits per heavy atom. The lowest BCUT2D eigenvalue weighted by Gasteiger charge is -2.05. The average molecular weight is 377 g/mol. The largest absolute Gasteiger partial charge is 0.296 e. The fraction of sp³-hybridized carbons (Fsp3) is 0.111. The smallest absolute Gasteiger partial charge is 0.186 e. The Bertz CT molecular complexity index is 786. The van der Waals surface area contributed by atoms with Gasteiger partial charge in [0, 0.05) is 22.0 Å². The van der Waals surface area contributed by atoms with Crippen molar-refractivity contribution in [2.75, 3.05) is 0 Å². The summed E-state index contributed by atoms with van der Waals surface area (Å²) in [6.07, 6.45) is 2.35. The van der Waals surface area contributed by atoms with Crippen LogP contribution in [-0.2, 0) is 0 Å². The fourth-order valence-corrected chi connectivity index (χ4v) is 3.24. The van der Waals surface area contributed by atoms with Gasteiger partial charge in [0.15, 0.2) is 5.78 Å². The zero-order chi connectivity index (χ0) is 16.9. The second kappa shape index (κ2) is 7.88. The van der Waals surface area contributed by atoms with Crippen molar-refractivity contribution in [3.8, 4) is 0 Å². The van der Waals surface area contributed by atoms with Crippen LogP contribution in [0.25, 0.3) is 0 Å². The second-order valence-corrected chi connectivity index (χ2v) is 7.18. The molecule has 0 saturated carbocycles. The molecule has 1 aliphatic heterocycles. The van der Waals surface area contributed by atoms with Crippen molar-refractivity contribution in [3.63, 3.8) is 0 Å². The minimum absolute atomic E-state index is 0.0454. The number of carbonyl (C=O) groups excluding carboxylic acids is 1. The Morgan fingerprint density at radius 2 is 1.71 bits per heavy atom. The number of hydrogen-bond donors (Lipinski definition) is 1. The number of hydrogen-bond acceptors (Lipinski definition) is 4. The van der Waals surface area contributed by atoms with E-state index in [9.17, 15) is 4.79 Å². The third-order valence-corrected chi connectivity index (χ3v) is 4.89. The molecule has 1 aliphatic rings. The van der Waals surface area contributed by atoms with Gasteiger partial charge < -0.3 is 0 Å². The van der Waals surface area contributed by atoms with E-state index in [-0.39, 0.29) is 11.2 Å². The molecule has 0 amide bonds. The lowest BCUT2D eigenvalue weighted by molar-refractivity contribution is 0.104. The van der Waals surface area contributed by atoms with Gasteiger partial charge in [0.25, 0.3) is 0 Å². The molecular formula is C18H14Cl2N2OS. The van der Waals surface area contributed by atoms with Crippen LogP contribution in [0.4, 0.5) is 0 Å². The minimum atomic E-state index is -0.0454. The zero-order valence-electron chi connectivity index (χ0n) is 12.6. The Labute approximate surface area is 154 Å². The van der Waals surface area contributed by atoms with Crippen LogP contribution in [0.5, 0.6) is 0 Å². The fourth-order valence-electron chi connectivity index (χ4n) is 2.23. The summed E-state index contributed by atoms with van der Waals surface area (Å²) in [4.78, 5) is 12.0. The number of thioether (sulfide) groups is 1. The standard InChI is InChI=1S/C18H14Cl2N2OS/c19-14-5-1-12(2-6-14)16-11-18(22-21-16)24-10-9-17(23)13-3-7-15(20)8-4-13/h1-10,18,22H,11H2/b10-9+. The van der Waals surface area contributed by atoms with E-state index in [2.05, 4.69) is 10.5 Å². The molecule has 1 unspecified atom stereocenters. The molecule has 1 heterocycles. The van der Waals surface area contributed by atoms with Gasteiger partial charge in [-0.2, -0.15) is 5.10 Å². The van der Waals surface area contributed by atoms with Gasteiger partial charge in [-0.1, -0.05) is 35.3 Å². The highest BCUT2D eigenvalue weighted by atomic mass is 35.5. The predicted molar refractivity (Wildman–Crippen MR) is 102 cm³/mol. The van der Waals surface area contributed by atoms with E-state index in [1.165, 1.54) is 11.8 Å². The summed E-state index contributed by atoms with van der Waals surface area (Å²) in [5.41, 5.74) is 5.74. The third-order valence-electron chi connectivity index (χ3n) is 3.49. The van der Waals surface area contributed by atoms with Crippen molar-refractivity contribution in [2.24, 2.45) is 5.10 Å². The molecule has 1 atom stereocenters. The summed E-state index contributed by atoms with van der Waals surface area (Å²) in [6.45, 7) is 0. The van der Waals surface area contributed by atoms with Crippen LogP contribution in [0.3, 0.4) is 0 Å². The lowest BCUT2D eigenvalue weighted by atomic mass is 10.1. The first kappa shape index (κ1) is 17.1. The first-order valence-corrected chi connectivity index (χ1v) is 9.01. The van der Waals surface area contributed by atoms with Crippen LogP contribution < -0.4 is 5.43 Å². The molecule has 2 aromatic carbocycles. The molecule has 0 fully saturated rings. The number of carbonyl (C=O) groups is 1. The van der Waals surface area contributed by atoms with Crippen LogP contribution in [-0.4, -0.2) is 16.9 Å². The molecule has 3 nitrogen and oxygen atoms in total. The van der Waals surface area contributed by atoms with E-state index in [0.717, 1.165) is 17.7 Å². The number of nitrogens with one attached hydrogen (secondary N) is 1. The van der Waals surface area contributed by atoms with Crippen molar-refractivity contribution < 1.29 is 4.79 Å². The van der Waals surface area contributed by atoms with E-state index >= 15 is 0 Å². The molecular weight excluding hydrogens is 363 g/mol. The number of rotatable bonds is 5. The summed E-state index contributed by atoms with van der Waals surface area (Å²) in [5, 5.41) is 7.59. The molecule has 0 radical (unpaired) electrons. The van der Waals surface area contributed by atoms with Crippen LogP contribution in [0.15, 0.2) is 65.1 Å². The topological polar surface area (TPSA) is 41.5 Å². The first-order valence-electron chi connectivity index (χ1n) is 7.32. The predicted octanol–water partition coefficient (Wildman–Crippen LogP) is 5.15. The van der Waals surface area contributed by atoms with Crippen molar-refractivity contribution >= 4 is 46.5 Å². The summed E-state index contributed by atoms with van der Waals surface area (Å²) in [5.74, 6) is -0.0454. The molecule has 0 aliphatic carbocycles. The highest BCUT2D eigenvalue weighted by molar-refractivity contribution is 8.02. The van der Waals surface area contributed by atoms with Gasteiger partial charge in [-0.25, -0.2) is 0 Å². The van der Waals surface area contributed by atoms with Crippen molar-refractivity contribution in [1.82, 2.24) is 5.43 Å². The first-order chi connectivity index (χ1) is 11.6. The average Bonchev–Trinajstić information content (AvgIpc) is 3.05. The van der Waals surface area contributed by atoms with Gasteiger partial charge in [0.1, 0.15) is 0 Å². The van der Waals surface area contributed by atoms with Crippen LogP contribution in [0, 0.1) is 0 Å². The molecule has 2 aromatic rings. The van der Waals surface area contributed by atoms with Gasteiger partial charge in [0.05, 0.1) is 11.1 Å².